The number of rotatable bonds is 3. The van der Waals surface area contributed by atoms with Gasteiger partial charge in [0.05, 0.1) is 0 Å². The van der Waals surface area contributed by atoms with E-state index < -0.39 is 0 Å². The average molecular weight is 145 g/mol. The molecule has 0 saturated carbocycles. The third-order valence-electron chi connectivity index (χ3n) is 0.707. The van der Waals surface area contributed by atoms with Gasteiger partial charge in [-0.1, -0.05) is 0 Å². The lowest BCUT2D eigenvalue weighted by molar-refractivity contribution is -0.116. The molecule has 0 aromatic carbocycles. The van der Waals surface area contributed by atoms with Crippen LogP contribution in [0.15, 0.2) is 11.5 Å². The van der Waals surface area contributed by atoms with E-state index in [0.717, 1.165) is 0 Å². The molecule has 0 radical (unpaired) electrons. The predicted molar refractivity (Wildman–Crippen MR) is 41.3 cm³/mol. The molecule has 0 heterocycles. The van der Waals surface area contributed by atoms with Crippen molar-refractivity contribution < 1.29 is 4.79 Å². The normalized spacial score (nSPS) is 10.0. The number of carbonyl (C=O) groups is 1. The van der Waals surface area contributed by atoms with Crippen LogP contribution in [-0.2, 0) is 4.79 Å². The number of hydrogen-bond donors (Lipinski definition) is 1. The summed E-state index contributed by atoms with van der Waals surface area (Å²) in [5.41, 5.74) is 0. The fraction of sp³-hybridized carbons (Fsp3) is 0.500. The van der Waals surface area contributed by atoms with Crippen molar-refractivity contribution in [1.29, 1.82) is 0 Å². The lowest BCUT2D eigenvalue weighted by atomic mass is 10.6. The lowest BCUT2D eigenvalue weighted by Crippen LogP contribution is -2.19. The number of thioether (sulfide) groups is 1. The summed E-state index contributed by atoms with van der Waals surface area (Å²) >= 11 is 1.51. The van der Waals surface area contributed by atoms with Crippen molar-refractivity contribution in [2.75, 3.05) is 12.8 Å². The van der Waals surface area contributed by atoms with Gasteiger partial charge < -0.3 is 5.32 Å². The molecule has 0 fully saturated rings. The minimum atomic E-state index is -0.0214. The zero-order valence-corrected chi connectivity index (χ0v) is 6.49. The maximum absolute atomic E-state index is 10.6. The summed E-state index contributed by atoms with van der Waals surface area (Å²) in [6, 6.07) is 0. The zero-order valence-electron chi connectivity index (χ0n) is 5.68. The Morgan fingerprint density at radius 1 is 1.78 bits per heavy atom. The molecule has 0 bridgehead atoms. The van der Waals surface area contributed by atoms with Crippen LogP contribution in [0.3, 0.4) is 0 Å². The summed E-state index contributed by atoms with van der Waals surface area (Å²) in [7, 11) is 0. The third kappa shape index (κ3) is 5.43. The molecule has 0 unspecified atom stereocenters. The van der Waals surface area contributed by atoms with Gasteiger partial charge in [0.25, 0.3) is 0 Å². The number of hydrogen-bond acceptors (Lipinski definition) is 2. The third-order valence-corrected chi connectivity index (χ3v) is 1.11. The quantitative estimate of drug-likeness (QED) is 0.600. The van der Waals surface area contributed by atoms with Crippen LogP contribution in [0.1, 0.15) is 6.92 Å². The van der Waals surface area contributed by atoms with Crippen LogP contribution < -0.4 is 5.32 Å². The van der Waals surface area contributed by atoms with Gasteiger partial charge in [0.2, 0.25) is 5.91 Å². The molecule has 0 atom stereocenters. The number of nitrogens with one attached hydrogen (secondary N) is 1. The molecule has 1 N–H and O–H groups in total. The van der Waals surface area contributed by atoms with Crippen molar-refractivity contribution in [3.05, 3.63) is 11.5 Å². The Morgan fingerprint density at radius 2 is 2.44 bits per heavy atom. The monoisotopic (exact) mass is 145 g/mol. The van der Waals surface area contributed by atoms with E-state index in [2.05, 4.69) is 5.32 Å². The van der Waals surface area contributed by atoms with Crippen molar-refractivity contribution in [3.63, 3.8) is 0 Å². The summed E-state index contributed by atoms with van der Waals surface area (Å²) in [5.74, 6) is -0.0214. The van der Waals surface area contributed by atoms with Crippen LogP contribution in [0, 0.1) is 0 Å². The van der Waals surface area contributed by atoms with Gasteiger partial charge in [-0.3, -0.25) is 4.79 Å². The van der Waals surface area contributed by atoms with Crippen LogP contribution in [0.5, 0.6) is 0 Å². The first-order valence-corrected chi connectivity index (χ1v) is 4.07. The first-order chi connectivity index (χ1) is 4.31. The van der Waals surface area contributed by atoms with Crippen LogP contribution >= 0.6 is 11.8 Å². The summed E-state index contributed by atoms with van der Waals surface area (Å²) < 4.78 is 0. The SMILES string of the molecule is CCNC(=O)/C=C\SC. The van der Waals surface area contributed by atoms with Gasteiger partial charge in [0.1, 0.15) is 0 Å². The van der Waals surface area contributed by atoms with E-state index in [1.165, 1.54) is 17.8 Å². The Kier molecular flexibility index (Phi) is 5.41. The standard InChI is InChI=1S/C6H11NOS/c1-3-7-6(8)4-5-9-2/h4-5H,3H2,1-2H3,(H,7,8)/b5-4-. The van der Waals surface area contributed by atoms with E-state index >= 15 is 0 Å². The van der Waals surface area contributed by atoms with E-state index in [9.17, 15) is 4.79 Å². The van der Waals surface area contributed by atoms with Crippen molar-refractivity contribution >= 4 is 17.7 Å². The molecule has 0 saturated heterocycles. The van der Waals surface area contributed by atoms with E-state index in [1.807, 2.05) is 13.2 Å². The molecule has 0 aliphatic rings. The van der Waals surface area contributed by atoms with Gasteiger partial charge in [0.15, 0.2) is 0 Å². The molecule has 52 valence electrons. The van der Waals surface area contributed by atoms with E-state index in [-0.39, 0.29) is 5.91 Å². The van der Waals surface area contributed by atoms with Crippen molar-refractivity contribution in [1.82, 2.24) is 5.32 Å². The number of amides is 1. The Morgan fingerprint density at radius 3 is 2.89 bits per heavy atom. The minimum Gasteiger partial charge on any atom is -0.353 e. The van der Waals surface area contributed by atoms with Gasteiger partial charge >= 0.3 is 0 Å². The molecule has 2 nitrogen and oxygen atoms in total. The molecule has 1 amide bonds. The lowest BCUT2D eigenvalue weighted by Gasteiger charge is -1.92. The largest absolute Gasteiger partial charge is 0.353 e. The molecule has 0 aromatic rings. The number of likely N-dealkylation sites (N-methyl/N-ethyl adjacent to an activating group) is 1. The second-order valence-electron chi connectivity index (χ2n) is 1.43. The molecule has 0 aliphatic heterocycles. The highest BCUT2D eigenvalue weighted by Crippen LogP contribution is 1.91. The van der Waals surface area contributed by atoms with Crippen molar-refractivity contribution in [2.24, 2.45) is 0 Å². The van der Waals surface area contributed by atoms with Crippen LogP contribution in [0.4, 0.5) is 0 Å². The second-order valence-corrected chi connectivity index (χ2v) is 2.18. The van der Waals surface area contributed by atoms with Crippen molar-refractivity contribution in [2.45, 2.75) is 6.92 Å². The highest BCUT2D eigenvalue weighted by atomic mass is 32.2. The molecule has 3 heteroatoms. The Labute approximate surface area is 59.7 Å². The van der Waals surface area contributed by atoms with Gasteiger partial charge in [-0.25, -0.2) is 0 Å². The van der Waals surface area contributed by atoms with E-state index in [4.69, 9.17) is 0 Å². The van der Waals surface area contributed by atoms with Gasteiger partial charge in [-0.05, 0) is 18.6 Å². The summed E-state index contributed by atoms with van der Waals surface area (Å²) in [5, 5.41) is 4.40. The summed E-state index contributed by atoms with van der Waals surface area (Å²) in [4.78, 5) is 10.6. The molecule has 0 aromatic heterocycles. The highest BCUT2D eigenvalue weighted by Gasteiger charge is 1.87. The maximum atomic E-state index is 10.6. The Balaban J connectivity index is 3.37. The maximum Gasteiger partial charge on any atom is 0.244 e. The molecule has 9 heavy (non-hydrogen) atoms. The van der Waals surface area contributed by atoms with Gasteiger partial charge in [-0.2, -0.15) is 0 Å². The van der Waals surface area contributed by atoms with E-state index in [0.29, 0.717) is 6.54 Å². The zero-order chi connectivity index (χ0) is 7.11. The molecular formula is C6H11NOS. The second kappa shape index (κ2) is 5.69. The fourth-order valence-corrected chi connectivity index (χ4v) is 0.623. The Hall–Kier alpha value is -0.440. The predicted octanol–water partition coefficient (Wildman–Crippen LogP) is 0.999. The Bertz CT molecular complexity index is 112. The average Bonchev–Trinajstić information content (AvgIpc) is 1.85. The molecule has 0 rings (SSSR count). The van der Waals surface area contributed by atoms with Gasteiger partial charge in [0, 0.05) is 12.6 Å². The topological polar surface area (TPSA) is 29.1 Å². The molecular weight excluding hydrogens is 134 g/mol. The smallest absolute Gasteiger partial charge is 0.244 e. The number of carbonyl (C=O) groups excluding carboxylic acids is 1. The van der Waals surface area contributed by atoms with Crippen LogP contribution in [-0.4, -0.2) is 18.7 Å². The van der Waals surface area contributed by atoms with Crippen LogP contribution in [0.2, 0.25) is 0 Å². The fourth-order valence-electron chi connectivity index (χ4n) is 0.363. The van der Waals surface area contributed by atoms with E-state index in [1.54, 1.807) is 5.41 Å². The molecule has 0 aliphatic carbocycles. The minimum absolute atomic E-state index is 0.0214. The van der Waals surface area contributed by atoms with Crippen molar-refractivity contribution in [3.8, 4) is 0 Å². The molecule has 0 spiro atoms. The van der Waals surface area contributed by atoms with Gasteiger partial charge in [-0.15, -0.1) is 11.8 Å². The van der Waals surface area contributed by atoms with Crippen LogP contribution in [0.25, 0.3) is 0 Å². The summed E-state index contributed by atoms with van der Waals surface area (Å²) in [6.07, 6.45) is 3.43. The summed E-state index contributed by atoms with van der Waals surface area (Å²) in [6.45, 7) is 2.59. The highest BCUT2D eigenvalue weighted by molar-refractivity contribution is 8.01. The first kappa shape index (κ1) is 8.56. The first-order valence-electron chi connectivity index (χ1n) is 2.78.